The standard InChI is InChI=1S/C21H25N3O4S/c1-4-11-24(13-20(25)22-18-8-6-5-7-14(18)2)29(27,28)16-9-10-19-17(12-16)15(3)21(26)23-19/h5-10,12,15H,4,11,13H2,1-3H3,(H,22,25)(H,23,26)/t15-/m1/s1. The van der Waals surface area contributed by atoms with Crippen molar-refractivity contribution >= 4 is 33.2 Å². The summed E-state index contributed by atoms with van der Waals surface area (Å²) < 4.78 is 27.6. The Morgan fingerprint density at radius 3 is 2.62 bits per heavy atom. The van der Waals surface area contributed by atoms with Crippen LogP contribution in [0.5, 0.6) is 0 Å². The summed E-state index contributed by atoms with van der Waals surface area (Å²) in [5.41, 5.74) is 2.83. The molecule has 1 atom stereocenters. The van der Waals surface area contributed by atoms with Crippen molar-refractivity contribution in [1.82, 2.24) is 4.31 Å². The van der Waals surface area contributed by atoms with E-state index in [-0.39, 0.29) is 23.9 Å². The van der Waals surface area contributed by atoms with E-state index in [0.29, 0.717) is 23.4 Å². The number of amides is 2. The van der Waals surface area contributed by atoms with Crippen molar-refractivity contribution in [1.29, 1.82) is 0 Å². The number of carbonyl (C=O) groups is 2. The summed E-state index contributed by atoms with van der Waals surface area (Å²) in [7, 11) is -3.89. The number of rotatable bonds is 7. The van der Waals surface area contributed by atoms with E-state index in [1.54, 1.807) is 19.1 Å². The molecule has 2 aromatic carbocycles. The van der Waals surface area contributed by atoms with Gasteiger partial charge < -0.3 is 10.6 Å². The summed E-state index contributed by atoms with van der Waals surface area (Å²) >= 11 is 0. The average Bonchev–Trinajstić information content (AvgIpc) is 2.97. The number of fused-ring (bicyclic) bond motifs is 1. The Morgan fingerprint density at radius 1 is 1.21 bits per heavy atom. The molecule has 0 fully saturated rings. The lowest BCUT2D eigenvalue weighted by atomic mass is 10.0. The van der Waals surface area contributed by atoms with Gasteiger partial charge in [0.1, 0.15) is 0 Å². The summed E-state index contributed by atoms with van der Waals surface area (Å²) in [6, 6.07) is 11.9. The first kappa shape index (κ1) is 21.0. The molecule has 0 bridgehead atoms. The summed E-state index contributed by atoms with van der Waals surface area (Å²) in [6.07, 6.45) is 0.568. The van der Waals surface area contributed by atoms with Crippen LogP contribution in [0.4, 0.5) is 11.4 Å². The number of nitrogens with zero attached hydrogens (tertiary/aromatic N) is 1. The number of hydrogen-bond acceptors (Lipinski definition) is 4. The van der Waals surface area contributed by atoms with Crippen molar-refractivity contribution in [2.45, 2.75) is 38.0 Å². The second kappa shape index (κ2) is 8.34. The van der Waals surface area contributed by atoms with Crippen molar-refractivity contribution in [3.05, 3.63) is 53.6 Å². The highest BCUT2D eigenvalue weighted by Gasteiger charge is 2.31. The Morgan fingerprint density at radius 2 is 1.93 bits per heavy atom. The van der Waals surface area contributed by atoms with Crippen LogP contribution in [0.25, 0.3) is 0 Å². The van der Waals surface area contributed by atoms with E-state index in [0.717, 1.165) is 5.56 Å². The number of nitrogens with one attached hydrogen (secondary N) is 2. The van der Waals surface area contributed by atoms with Gasteiger partial charge in [0.05, 0.1) is 17.4 Å². The minimum Gasteiger partial charge on any atom is -0.325 e. The van der Waals surface area contributed by atoms with Crippen LogP contribution in [0.3, 0.4) is 0 Å². The van der Waals surface area contributed by atoms with Crippen molar-refractivity contribution in [3.8, 4) is 0 Å². The molecule has 0 spiro atoms. The molecule has 8 heteroatoms. The third-order valence-corrected chi connectivity index (χ3v) is 6.83. The smallest absolute Gasteiger partial charge is 0.243 e. The monoisotopic (exact) mass is 415 g/mol. The number of sulfonamides is 1. The Labute approximate surface area is 171 Å². The summed E-state index contributed by atoms with van der Waals surface area (Å²) in [4.78, 5) is 24.5. The molecule has 1 heterocycles. The highest BCUT2D eigenvalue weighted by Crippen LogP contribution is 2.34. The fourth-order valence-electron chi connectivity index (χ4n) is 3.30. The molecule has 2 aromatic rings. The Kier molecular flexibility index (Phi) is 6.04. The molecule has 0 saturated heterocycles. The van der Waals surface area contributed by atoms with Crippen molar-refractivity contribution in [2.24, 2.45) is 0 Å². The first-order valence-electron chi connectivity index (χ1n) is 9.54. The molecule has 1 aliphatic rings. The maximum Gasteiger partial charge on any atom is 0.243 e. The molecule has 7 nitrogen and oxygen atoms in total. The molecule has 3 rings (SSSR count). The van der Waals surface area contributed by atoms with Crippen molar-refractivity contribution < 1.29 is 18.0 Å². The van der Waals surface area contributed by atoms with Gasteiger partial charge in [0, 0.05) is 17.9 Å². The van der Waals surface area contributed by atoms with Gasteiger partial charge in [-0.25, -0.2) is 8.42 Å². The van der Waals surface area contributed by atoms with Crippen LogP contribution in [-0.2, 0) is 19.6 Å². The lowest BCUT2D eigenvalue weighted by Gasteiger charge is -2.22. The minimum atomic E-state index is -3.89. The maximum absolute atomic E-state index is 13.2. The second-order valence-corrected chi connectivity index (χ2v) is 9.10. The maximum atomic E-state index is 13.2. The summed E-state index contributed by atoms with van der Waals surface area (Å²) in [5, 5.41) is 5.51. The fraction of sp³-hybridized carbons (Fsp3) is 0.333. The van der Waals surface area contributed by atoms with Crippen LogP contribution in [0, 0.1) is 6.92 Å². The van der Waals surface area contributed by atoms with Crippen LogP contribution in [0.2, 0.25) is 0 Å². The van der Waals surface area contributed by atoms with Crippen LogP contribution in [0.1, 0.15) is 37.3 Å². The number of aryl methyl sites for hydroxylation is 1. The van der Waals surface area contributed by atoms with E-state index in [1.165, 1.54) is 16.4 Å². The molecule has 2 N–H and O–H groups in total. The van der Waals surface area contributed by atoms with Crippen molar-refractivity contribution in [2.75, 3.05) is 23.7 Å². The van der Waals surface area contributed by atoms with E-state index < -0.39 is 21.8 Å². The third-order valence-electron chi connectivity index (χ3n) is 4.99. The van der Waals surface area contributed by atoms with E-state index >= 15 is 0 Å². The molecule has 0 aliphatic carbocycles. The van der Waals surface area contributed by atoms with E-state index in [1.807, 2.05) is 32.0 Å². The van der Waals surface area contributed by atoms with Crippen LogP contribution >= 0.6 is 0 Å². The molecule has 1 aliphatic heterocycles. The molecular formula is C21H25N3O4S. The number of benzene rings is 2. The van der Waals surface area contributed by atoms with Gasteiger partial charge in [-0.2, -0.15) is 4.31 Å². The van der Waals surface area contributed by atoms with Gasteiger partial charge in [-0.3, -0.25) is 9.59 Å². The van der Waals surface area contributed by atoms with Crippen LogP contribution in [0.15, 0.2) is 47.4 Å². The first-order valence-corrected chi connectivity index (χ1v) is 11.0. The van der Waals surface area contributed by atoms with Gasteiger partial charge in [-0.15, -0.1) is 0 Å². The molecular weight excluding hydrogens is 390 g/mol. The number of para-hydroxylation sites is 1. The topological polar surface area (TPSA) is 95.6 Å². The Bertz CT molecular complexity index is 1050. The van der Waals surface area contributed by atoms with E-state index in [4.69, 9.17) is 0 Å². The quantitative estimate of drug-likeness (QED) is 0.726. The number of hydrogen-bond donors (Lipinski definition) is 2. The second-order valence-electron chi connectivity index (χ2n) is 7.16. The number of anilines is 2. The predicted octanol–water partition coefficient (Wildman–Crippen LogP) is 3.09. The highest BCUT2D eigenvalue weighted by atomic mass is 32.2. The third kappa shape index (κ3) is 4.33. The van der Waals surface area contributed by atoms with E-state index in [2.05, 4.69) is 10.6 Å². The molecule has 0 unspecified atom stereocenters. The molecule has 154 valence electrons. The molecule has 2 amide bonds. The summed E-state index contributed by atoms with van der Waals surface area (Å²) in [5.74, 6) is -0.968. The lowest BCUT2D eigenvalue weighted by Crippen LogP contribution is -2.38. The Balaban J connectivity index is 1.83. The fourth-order valence-corrected chi connectivity index (χ4v) is 4.83. The molecule has 0 radical (unpaired) electrons. The average molecular weight is 416 g/mol. The number of carbonyl (C=O) groups excluding carboxylic acids is 2. The molecule has 0 aromatic heterocycles. The van der Waals surface area contributed by atoms with Gasteiger partial charge in [0.25, 0.3) is 0 Å². The van der Waals surface area contributed by atoms with Gasteiger partial charge >= 0.3 is 0 Å². The lowest BCUT2D eigenvalue weighted by molar-refractivity contribution is -0.117. The molecule has 29 heavy (non-hydrogen) atoms. The molecule has 0 saturated carbocycles. The van der Waals surface area contributed by atoms with Gasteiger partial charge in [-0.05, 0) is 55.7 Å². The first-order chi connectivity index (χ1) is 13.7. The van der Waals surface area contributed by atoms with Crippen LogP contribution < -0.4 is 10.6 Å². The summed E-state index contributed by atoms with van der Waals surface area (Å²) in [6.45, 7) is 5.39. The minimum absolute atomic E-state index is 0.0803. The zero-order valence-electron chi connectivity index (χ0n) is 16.7. The zero-order chi connectivity index (χ0) is 21.2. The van der Waals surface area contributed by atoms with Gasteiger partial charge in [0.15, 0.2) is 0 Å². The zero-order valence-corrected chi connectivity index (χ0v) is 17.5. The van der Waals surface area contributed by atoms with E-state index in [9.17, 15) is 18.0 Å². The van der Waals surface area contributed by atoms with Gasteiger partial charge in [-0.1, -0.05) is 25.1 Å². The van der Waals surface area contributed by atoms with Crippen molar-refractivity contribution in [3.63, 3.8) is 0 Å². The highest BCUT2D eigenvalue weighted by molar-refractivity contribution is 7.89. The normalized spacial score (nSPS) is 15.9. The largest absolute Gasteiger partial charge is 0.325 e. The SMILES string of the molecule is CCCN(CC(=O)Nc1ccccc1C)S(=O)(=O)c1ccc2c(c1)[C@@H](C)C(=O)N2. The Hall–Kier alpha value is -2.71. The van der Waals surface area contributed by atoms with Crippen LogP contribution in [-0.4, -0.2) is 37.6 Å². The van der Waals surface area contributed by atoms with Gasteiger partial charge in [0.2, 0.25) is 21.8 Å². The predicted molar refractivity (Wildman–Crippen MR) is 112 cm³/mol.